The van der Waals surface area contributed by atoms with Crippen LogP contribution in [0.3, 0.4) is 0 Å². The standard InChI is InChI=1S/C15H15ClN2O2/c1-2-18(13-4-3-5-14(19)10-13)15(20)17-12-8-6-11(16)7-9-12/h3-10,19H,2H2,1H3,(H,17,20). The molecule has 0 bridgehead atoms. The van der Waals surface area contributed by atoms with Crippen molar-refractivity contribution in [1.82, 2.24) is 0 Å². The number of hydrogen-bond acceptors (Lipinski definition) is 2. The molecule has 104 valence electrons. The van der Waals surface area contributed by atoms with Gasteiger partial charge in [0.2, 0.25) is 0 Å². The van der Waals surface area contributed by atoms with Crippen LogP contribution in [-0.2, 0) is 0 Å². The van der Waals surface area contributed by atoms with Crippen LogP contribution in [-0.4, -0.2) is 17.7 Å². The third-order valence-corrected chi connectivity index (χ3v) is 3.05. The molecular formula is C15H15ClN2O2. The van der Waals surface area contributed by atoms with E-state index in [0.717, 1.165) is 0 Å². The van der Waals surface area contributed by atoms with E-state index in [1.54, 1.807) is 48.5 Å². The SMILES string of the molecule is CCN(C(=O)Nc1ccc(Cl)cc1)c1cccc(O)c1. The lowest BCUT2D eigenvalue weighted by Gasteiger charge is -2.21. The van der Waals surface area contributed by atoms with Crippen LogP contribution in [0.25, 0.3) is 0 Å². The van der Waals surface area contributed by atoms with Gasteiger partial charge in [-0.25, -0.2) is 4.79 Å². The van der Waals surface area contributed by atoms with Gasteiger partial charge in [0, 0.05) is 29.0 Å². The number of phenols is 1. The van der Waals surface area contributed by atoms with Crippen molar-refractivity contribution in [2.45, 2.75) is 6.92 Å². The molecule has 0 aliphatic rings. The molecule has 0 spiro atoms. The Labute approximate surface area is 122 Å². The molecule has 0 atom stereocenters. The number of rotatable bonds is 3. The van der Waals surface area contributed by atoms with Gasteiger partial charge in [-0.2, -0.15) is 0 Å². The Kier molecular flexibility index (Phi) is 4.48. The van der Waals surface area contributed by atoms with Crippen LogP contribution in [0.5, 0.6) is 5.75 Å². The zero-order valence-corrected chi connectivity index (χ0v) is 11.8. The summed E-state index contributed by atoms with van der Waals surface area (Å²) in [7, 11) is 0. The topological polar surface area (TPSA) is 52.6 Å². The van der Waals surface area contributed by atoms with Crippen molar-refractivity contribution in [2.24, 2.45) is 0 Å². The maximum atomic E-state index is 12.2. The first-order valence-corrected chi connectivity index (χ1v) is 6.61. The predicted molar refractivity (Wildman–Crippen MR) is 81.6 cm³/mol. The number of urea groups is 1. The molecule has 0 saturated heterocycles. The molecule has 0 aliphatic heterocycles. The largest absolute Gasteiger partial charge is 0.508 e. The molecule has 2 rings (SSSR count). The summed E-state index contributed by atoms with van der Waals surface area (Å²) in [5.74, 6) is 0.125. The lowest BCUT2D eigenvalue weighted by Crippen LogP contribution is -2.34. The van der Waals surface area contributed by atoms with Crippen molar-refractivity contribution >= 4 is 29.0 Å². The second kappa shape index (κ2) is 6.30. The molecule has 20 heavy (non-hydrogen) atoms. The maximum absolute atomic E-state index is 12.2. The number of carbonyl (C=O) groups is 1. The summed E-state index contributed by atoms with van der Waals surface area (Å²) < 4.78 is 0. The van der Waals surface area contributed by atoms with Crippen LogP contribution < -0.4 is 10.2 Å². The van der Waals surface area contributed by atoms with E-state index in [9.17, 15) is 9.90 Å². The van der Waals surface area contributed by atoms with E-state index in [-0.39, 0.29) is 11.8 Å². The van der Waals surface area contributed by atoms with Crippen molar-refractivity contribution < 1.29 is 9.90 Å². The van der Waals surface area contributed by atoms with Gasteiger partial charge in [-0.3, -0.25) is 4.90 Å². The first kappa shape index (κ1) is 14.2. The number of phenolic OH excluding ortho intramolecular Hbond substituents is 1. The fourth-order valence-corrected chi connectivity index (χ4v) is 1.95. The zero-order chi connectivity index (χ0) is 14.5. The van der Waals surface area contributed by atoms with Gasteiger partial charge in [-0.15, -0.1) is 0 Å². The van der Waals surface area contributed by atoms with E-state index in [4.69, 9.17) is 11.6 Å². The van der Waals surface area contributed by atoms with E-state index in [2.05, 4.69) is 5.32 Å². The zero-order valence-electron chi connectivity index (χ0n) is 11.0. The number of nitrogens with one attached hydrogen (secondary N) is 1. The summed E-state index contributed by atoms with van der Waals surface area (Å²) in [6.07, 6.45) is 0. The number of benzene rings is 2. The molecule has 2 aromatic rings. The Bertz CT molecular complexity index is 599. The molecule has 4 nitrogen and oxygen atoms in total. The highest BCUT2D eigenvalue weighted by atomic mass is 35.5. The monoisotopic (exact) mass is 290 g/mol. The van der Waals surface area contributed by atoms with Crippen LogP contribution in [0.15, 0.2) is 48.5 Å². The highest BCUT2D eigenvalue weighted by Crippen LogP contribution is 2.21. The molecule has 2 aromatic carbocycles. The minimum atomic E-state index is -0.263. The molecule has 0 radical (unpaired) electrons. The third kappa shape index (κ3) is 3.42. The number of halogens is 1. The summed E-state index contributed by atoms with van der Waals surface area (Å²) in [5, 5.41) is 12.9. The molecule has 2 N–H and O–H groups in total. The first-order valence-electron chi connectivity index (χ1n) is 6.23. The number of aromatic hydroxyl groups is 1. The normalized spacial score (nSPS) is 10.1. The van der Waals surface area contributed by atoms with Crippen LogP contribution >= 0.6 is 11.6 Å². The predicted octanol–water partition coefficient (Wildman–Crippen LogP) is 4.10. The maximum Gasteiger partial charge on any atom is 0.326 e. The van der Waals surface area contributed by atoms with Crippen LogP contribution in [0.2, 0.25) is 5.02 Å². The highest BCUT2D eigenvalue weighted by Gasteiger charge is 2.14. The minimum absolute atomic E-state index is 0.125. The average molecular weight is 291 g/mol. The fraction of sp³-hybridized carbons (Fsp3) is 0.133. The first-order chi connectivity index (χ1) is 9.60. The summed E-state index contributed by atoms with van der Waals surface area (Å²) in [4.78, 5) is 13.8. The van der Waals surface area contributed by atoms with Crippen LogP contribution in [0, 0.1) is 0 Å². The molecular weight excluding hydrogens is 276 g/mol. The molecule has 0 aliphatic carbocycles. The van der Waals surface area contributed by atoms with Crippen molar-refractivity contribution in [3.63, 3.8) is 0 Å². The molecule has 5 heteroatoms. The van der Waals surface area contributed by atoms with E-state index < -0.39 is 0 Å². The fourth-order valence-electron chi connectivity index (χ4n) is 1.83. The van der Waals surface area contributed by atoms with E-state index >= 15 is 0 Å². The third-order valence-electron chi connectivity index (χ3n) is 2.80. The molecule has 0 saturated carbocycles. The molecule has 0 heterocycles. The lowest BCUT2D eigenvalue weighted by molar-refractivity contribution is 0.257. The van der Waals surface area contributed by atoms with E-state index in [1.165, 1.54) is 4.90 Å². The Morgan fingerprint density at radius 3 is 2.55 bits per heavy atom. The number of amides is 2. The van der Waals surface area contributed by atoms with E-state index in [1.807, 2.05) is 6.92 Å². The summed E-state index contributed by atoms with van der Waals surface area (Å²) >= 11 is 5.80. The van der Waals surface area contributed by atoms with Gasteiger partial charge in [0.05, 0.1) is 0 Å². The molecule has 0 aromatic heterocycles. The van der Waals surface area contributed by atoms with Gasteiger partial charge in [0.25, 0.3) is 0 Å². The Morgan fingerprint density at radius 2 is 1.95 bits per heavy atom. The number of nitrogens with zero attached hydrogens (tertiary/aromatic N) is 1. The lowest BCUT2D eigenvalue weighted by atomic mass is 10.2. The van der Waals surface area contributed by atoms with Crippen molar-refractivity contribution in [3.05, 3.63) is 53.6 Å². The van der Waals surface area contributed by atoms with Crippen molar-refractivity contribution in [1.29, 1.82) is 0 Å². The second-order valence-electron chi connectivity index (χ2n) is 4.20. The summed E-state index contributed by atoms with van der Waals surface area (Å²) in [6.45, 7) is 2.36. The molecule has 2 amide bonds. The van der Waals surface area contributed by atoms with Crippen molar-refractivity contribution in [3.8, 4) is 5.75 Å². The van der Waals surface area contributed by atoms with Gasteiger partial charge >= 0.3 is 6.03 Å². The number of hydrogen-bond donors (Lipinski definition) is 2. The molecule has 0 fully saturated rings. The smallest absolute Gasteiger partial charge is 0.326 e. The van der Waals surface area contributed by atoms with Crippen LogP contribution in [0.4, 0.5) is 16.2 Å². The Hall–Kier alpha value is -2.20. The quantitative estimate of drug-likeness (QED) is 0.894. The summed E-state index contributed by atoms with van der Waals surface area (Å²) in [5.41, 5.74) is 1.30. The van der Waals surface area contributed by atoms with Gasteiger partial charge in [0.1, 0.15) is 5.75 Å². The van der Waals surface area contributed by atoms with E-state index in [0.29, 0.717) is 22.9 Å². The van der Waals surface area contributed by atoms with Crippen LogP contribution in [0.1, 0.15) is 6.92 Å². The summed E-state index contributed by atoms with van der Waals surface area (Å²) in [6, 6.07) is 13.2. The van der Waals surface area contributed by atoms with Crippen molar-refractivity contribution in [2.75, 3.05) is 16.8 Å². The molecule has 0 unspecified atom stereocenters. The average Bonchev–Trinajstić information content (AvgIpc) is 2.42. The van der Waals surface area contributed by atoms with Gasteiger partial charge < -0.3 is 10.4 Å². The Balaban J connectivity index is 2.15. The van der Waals surface area contributed by atoms with Gasteiger partial charge in [-0.1, -0.05) is 17.7 Å². The minimum Gasteiger partial charge on any atom is -0.508 e. The number of anilines is 2. The van der Waals surface area contributed by atoms with Gasteiger partial charge in [0.15, 0.2) is 0 Å². The second-order valence-corrected chi connectivity index (χ2v) is 4.64. The highest BCUT2D eigenvalue weighted by molar-refractivity contribution is 6.30. The Morgan fingerprint density at radius 1 is 1.25 bits per heavy atom. The van der Waals surface area contributed by atoms with Gasteiger partial charge in [-0.05, 0) is 43.3 Å². The number of carbonyl (C=O) groups excluding carboxylic acids is 1.